The summed E-state index contributed by atoms with van der Waals surface area (Å²) in [5, 5.41) is -1.09. The van der Waals surface area contributed by atoms with Gasteiger partial charge in [0, 0.05) is 48.5 Å². The Bertz CT molecular complexity index is 1090. The van der Waals surface area contributed by atoms with E-state index in [-0.39, 0.29) is 0 Å². The maximum absolute atomic E-state index is 12.2. The van der Waals surface area contributed by atoms with Gasteiger partial charge in [-0.15, -0.1) is 0 Å². The number of carbonyl (C=O) groups excluding carboxylic acids is 7. The van der Waals surface area contributed by atoms with Gasteiger partial charge >= 0.3 is 41.8 Å². The SMILES string of the molecule is CC(=O)OCC1OC(Br)C(OC(C)=O)C(OC(C)=O)C1OC1OC(COC(C)=O)C(OC(C)=O)C(OC(C)=O)C1OC(C)=O. The second-order valence-electron chi connectivity index (χ2n) is 9.64. The molecule has 2 aliphatic heterocycles. The molecule has 0 aromatic carbocycles. The van der Waals surface area contributed by atoms with Crippen molar-refractivity contribution in [1.29, 1.82) is 0 Å². The average Bonchev–Trinajstić information content (AvgIpc) is 2.87. The van der Waals surface area contributed by atoms with Crippen LogP contribution in [0.4, 0.5) is 0 Å². The third kappa shape index (κ3) is 11.0. The van der Waals surface area contributed by atoms with Crippen LogP contribution >= 0.6 is 15.9 Å². The molecule has 2 aliphatic rings. The van der Waals surface area contributed by atoms with Gasteiger partial charge in [-0.1, -0.05) is 15.9 Å². The first-order chi connectivity index (χ1) is 20.5. The fourth-order valence-electron chi connectivity index (χ4n) is 4.46. The smallest absolute Gasteiger partial charge is 0.303 e. The number of hydrogen-bond acceptors (Lipinski definition) is 17. The summed E-state index contributed by atoms with van der Waals surface area (Å²) in [5.41, 5.74) is 0. The highest BCUT2D eigenvalue weighted by Gasteiger charge is 2.57. The first-order valence-electron chi connectivity index (χ1n) is 13.2. The zero-order chi connectivity index (χ0) is 33.3. The fourth-order valence-corrected chi connectivity index (χ4v) is 5.15. The highest BCUT2D eigenvalue weighted by atomic mass is 79.9. The summed E-state index contributed by atoms with van der Waals surface area (Å²) >= 11 is 3.23. The van der Waals surface area contributed by atoms with Crippen molar-refractivity contribution in [2.24, 2.45) is 0 Å². The fraction of sp³-hybridized carbons (Fsp3) is 0.731. The zero-order valence-corrected chi connectivity index (χ0v) is 26.6. The van der Waals surface area contributed by atoms with Gasteiger partial charge in [0.05, 0.1) is 0 Å². The van der Waals surface area contributed by atoms with E-state index in [0.717, 1.165) is 48.5 Å². The molecule has 0 aliphatic carbocycles. The summed E-state index contributed by atoms with van der Waals surface area (Å²) in [4.78, 5) is 83.8. The van der Waals surface area contributed by atoms with Crippen LogP contribution in [0.3, 0.4) is 0 Å². The van der Waals surface area contributed by atoms with E-state index in [1.54, 1.807) is 0 Å². The maximum atomic E-state index is 12.2. The van der Waals surface area contributed by atoms with Gasteiger partial charge in [-0.3, -0.25) is 33.6 Å². The molecule has 0 bridgehead atoms. The molecule has 0 aromatic rings. The van der Waals surface area contributed by atoms with E-state index in [9.17, 15) is 33.6 Å². The number of carbonyl (C=O) groups is 7. The summed E-state index contributed by atoms with van der Waals surface area (Å²) in [6, 6.07) is 0. The van der Waals surface area contributed by atoms with Crippen LogP contribution in [0.1, 0.15) is 48.5 Å². The van der Waals surface area contributed by atoms with Crippen LogP contribution in [-0.2, 0) is 80.9 Å². The molecule has 0 amide bonds. The molecule has 0 radical (unpaired) electrons. The Labute approximate surface area is 260 Å². The summed E-state index contributed by atoms with van der Waals surface area (Å²) < 4.78 is 55.2. The largest absolute Gasteiger partial charge is 0.463 e. The number of ether oxygens (including phenoxy) is 10. The number of alkyl halides is 1. The molecule has 10 atom stereocenters. The van der Waals surface area contributed by atoms with E-state index >= 15 is 0 Å². The molecule has 0 aromatic heterocycles. The Morgan fingerprint density at radius 3 is 1.27 bits per heavy atom. The van der Waals surface area contributed by atoms with Crippen LogP contribution in [-0.4, -0.2) is 115 Å². The molecule has 0 saturated carbocycles. The molecule has 248 valence electrons. The Hall–Kier alpha value is -3.35. The maximum Gasteiger partial charge on any atom is 0.303 e. The van der Waals surface area contributed by atoms with Crippen molar-refractivity contribution >= 4 is 57.7 Å². The van der Waals surface area contributed by atoms with E-state index < -0.39 is 115 Å². The Balaban J connectivity index is 2.66. The lowest BCUT2D eigenvalue weighted by molar-refractivity contribution is -0.341. The molecule has 44 heavy (non-hydrogen) atoms. The van der Waals surface area contributed by atoms with Crippen LogP contribution in [0.2, 0.25) is 0 Å². The minimum Gasteiger partial charge on any atom is -0.463 e. The highest BCUT2D eigenvalue weighted by Crippen LogP contribution is 2.36. The lowest BCUT2D eigenvalue weighted by Gasteiger charge is -2.48. The minimum absolute atomic E-state index is 0.460. The van der Waals surface area contributed by atoms with Gasteiger partial charge in [-0.25, -0.2) is 0 Å². The zero-order valence-electron chi connectivity index (χ0n) is 25.0. The number of hydrogen-bond donors (Lipinski definition) is 0. The summed E-state index contributed by atoms with van der Waals surface area (Å²) in [6.45, 7) is 6.57. The van der Waals surface area contributed by atoms with Crippen LogP contribution in [0.15, 0.2) is 0 Å². The summed E-state index contributed by atoms with van der Waals surface area (Å²) in [5.74, 6) is -5.63. The Morgan fingerprint density at radius 2 is 0.841 bits per heavy atom. The average molecular weight is 699 g/mol. The topological polar surface area (TPSA) is 212 Å². The molecule has 2 saturated heterocycles. The van der Waals surface area contributed by atoms with E-state index in [1.165, 1.54) is 0 Å². The predicted molar refractivity (Wildman–Crippen MR) is 142 cm³/mol. The first-order valence-corrected chi connectivity index (χ1v) is 14.1. The van der Waals surface area contributed by atoms with Gasteiger partial charge in [-0.05, 0) is 0 Å². The predicted octanol–water partition coefficient (Wildman–Crippen LogP) is 0.00100. The van der Waals surface area contributed by atoms with Gasteiger partial charge < -0.3 is 47.4 Å². The normalized spacial score (nSPS) is 31.5. The van der Waals surface area contributed by atoms with Crippen molar-refractivity contribution in [2.75, 3.05) is 13.2 Å². The quantitative estimate of drug-likeness (QED) is 0.158. The second-order valence-corrected chi connectivity index (χ2v) is 10.5. The monoisotopic (exact) mass is 698 g/mol. The number of rotatable bonds is 11. The Kier molecular flexibility index (Phi) is 13.9. The standard InChI is InChI=1S/C26H35BrO17/c1-10(28)35-8-17-20(21(38-13(4)31)23(25(27)42-17)40-15(6)33)44-26-24(41-16(7)34)22(39-14(5)32)19(37-12(3)30)18(43-26)9-36-11(2)29/h17-26H,8-9H2,1-7H3. The highest BCUT2D eigenvalue weighted by molar-refractivity contribution is 9.09. The molecule has 18 heteroatoms. The van der Waals surface area contributed by atoms with E-state index in [4.69, 9.17) is 47.4 Å². The molecule has 10 unspecified atom stereocenters. The van der Waals surface area contributed by atoms with Crippen molar-refractivity contribution in [2.45, 2.75) is 109 Å². The summed E-state index contributed by atoms with van der Waals surface area (Å²) in [7, 11) is 0. The molecular weight excluding hydrogens is 664 g/mol. The Morgan fingerprint density at radius 1 is 0.477 bits per heavy atom. The molecule has 2 rings (SSSR count). The van der Waals surface area contributed by atoms with Crippen molar-refractivity contribution in [3.05, 3.63) is 0 Å². The van der Waals surface area contributed by atoms with Crippen molar-refractivity contribution in [1.82, 2.24) is 0 Å². The van der Waals surface area contributed by atoms with Gasteiger partial charge in [0.2, 0.25) is 0 Å². The van der Waals surface area contributed by atoms with Crippen molar-refractivity contribution in [3.63, 3.8) is 0 Å². The molecular formula is C26H35BrO17. The van der Waals surface area contributed by atoms with Crippen molar-refractivity contribution in [3.8, 4) is 0 Å². The molecule has 0 N–H and O–H groups in total. The molecule has 2 fully saturated rings. The number of esters is 7. The van der Waals surface area contributed by atoms with Crippen LogP contribution in [0.25, 0.3) is 0 Å². The van der Waals surface area contributed by atoms with Gasteiger partial charge in [0.25, 0.3) is 0 Å². The van der Waals surface area contributed by atoms with Crippen LogP contribution in [0.5, 0.6) is 0 Å². The van der Waals surface area contributed by atoms with E-state index in [2.05, 4.69) is 15.9 Å². The van der Waals surface area contributed by atoms with Crippen molar-refractivity contribution < 1.29 is 80.9 Å². The van der Waals surface area contributed by atoms with Gasteiger partial charge in [0.15, 0.2) is 41.8 Å². The lowest BCUT2D eigenvalue weighted by Crippen LogP contribution is -2.66. The molecule has 0 spiro atoms. The molecule has 2 heterocycles. The lowest BCUT2D eigenvalue weighted by atomic mass is 9.96. The van der Waals surface area contributed by atoms with Gasteiger partial charge in [-0.2, -0.15) is 0 Å². The second kappa shape index (κ2) is 16.6. The first kappa shape index (κ1) is 36.8. The van der Waals surface area contributed by atoms with Gasteiger partial charge in [0.1, 0.15) is 31.5 Å². The minimum atomic E-state index is -1.73. The van der Waals surface area contributed by atoms with E-state index in [1.807, 2.05) is 0 Å². The van der Waals surface area contributed by atoms with Crippen LogP contribution < -0.4 is 0 Å². The van der Waals surface area contributed by atoms with Crippen LogP contribution in [0, 0.1) is 0 Å². The van der Waals surface area contributed by atoms with E-state index in [0.29, 0.717) is 0 Å². The number of halogens is 1. The third-order valence-corrected chi connectivity index (χ3v) is 6.61. The summed E-state index contributed by atoms with van der Waals surface area (Å²) in [6.07, 6.45) is -13.2. The third-order valence-electron chi connectivity index (χ3n) is 5.87. The molecule has 17 nitrogen and oxygen atoms in total.